The van der Waals surface area contributed by atoms with Gasteiger partial charge < -0.3 is 4.74 Å². The minimum Gasteiger partial charge on any atom is -0.387 e. The van der Waals surface area contributed by atoms with Crippen LogP contribution < -0.4 is 0 Å². The van der Waals surface area contributed by atoms with Gasteiger partial charge in [0.2, 0.25) is 0 Å². The molecule has 5 heteroatoms. The first-order valence-electron chi connectivity index (χ1n) is 6.66. The van der Waals surface area contributed by atoms with Crippen molar-refractivity contribution in [2.45, 2.75) is 0 Å². The molecule has 23 heavy (non-hydrogen) atoms. The van der Waals surface area contributed by atoms with E-state index in [1.54, 1.807) is 12.2 Å². The molecule has 0 unspecified atom stereocenters. The Morgan fingerprint density at radius 3 is 1.39 bits per heavy atom. The smallest absolute Gasteiger partial charge is 0.338 e. The van der Waals surface area contributed by atoms with Crippen molar-refractivity contribution in [3.8, 4) is 0 Å². The van der Waals surface area contributed by atoms with Gasteiger partial charge in [-0.3, -0.25) is 0 Å². The molecule has 0 spiro atoms. The van der Waals surface area contributed by atoms with E-state index < -0.39 is 11.9 Å². The van der Waals surface area contributed by atoms with Crippen LogP contribution in [0.25, 0.3) is 12.2 Å². The van der Waals surface area contributed by atoms with E-state index in [-0.39, 0.29) is 0 Å². The molecule has 0 saturated carbocycles. The summed E-state index contributed by atoms with van der Waals surface area (Å²) < 4.78 is 6.57. The van der Waals surface area contributed by atoms with Crippen LogP contribution in [0, 0.1) is 0 Å². The summed E-state index contributed by atoms with van der Waals surface area (Å²) in [5.74, 6) is -1.42. The van der Waals surface area contributed by atoms with Crippen molar-refractivity contribution in [3.05, 3.63) is 80.8 Å². The third-order valence-electron chi connectivity index (χ3n) is 2.76. The highest BCUT2D eigenvalue weighted by atomic mass is 79.9. The summed E-state index contributed by atoms with van der Waals surface area (Å²) in [6, 6.07) is 14.8. The number of hydrogen-bond acceptors (Lipinski definition) is 3. The lowest BCUT2D eigenvalue weighted by Gasteiger charge is -1.96. The standard InChI is InChI=1S/C18H12Br2O3/c19-15-7-1-13(2-8-15)5-11-17(21)23-18(22)12-6-14-3-9-16(20)10-4-14/h1-12H. The first-order valence-corrected chi connectivity index (χ1v) is 8.24. The SMILES string of the molecule is O=C(C=Cc1ccc(Br)cc1)OC(=O)C=Cc1ccc(Br)cc1. The van der Waals surface area contributed by atoms with Crippen LogP contribution in [0.2, 0.25) is 0 Å². The zero-order chi connectivity index (χ0) is 16.7. The highest BCUT2D eigenvalue weighted by molar-refractivity contribution is 9.10. The van der Waals surface area contributed by atoms with Gasteiger partial charge in [-0.1, -0.05) is 56.1 Å². The highest BCUT2D eigenvalue weighted by Gasteiger charge is 2.03. The average Bonchev–Trinajstić information content (AvgIpc) is 2.54. The number of carbonyl (C=O) groups is 2. The average molecular weight is 436 g/mol. The van der Waals surface area contributed by atoms with Crippen LogP contribution in [0.5, 0.6) is 0 Å². The Kier molecular flexibility index (Phi) is 6.50. The summed E-state index contributed by atoms with van der Waals surface area (Å²) >= 11 is 6.66. The Morgan fingerprint density at radius 1 is 0.696 bits per heavy atom. The molecule has 0 aliphatic heterocycles. The summed E-state index contributed by atoms with van der Waals surface area (Å²) in [5.41, 5.74) is 1.67. The molecule has 2 rings (SSSR count). The van der Waals surface area contributed by atoms with Crippen LogP contribution in [0.1, 0.15) is 11.1 Å². The van der Waals surface area contributed by atoms with Gasteiger partial charge in [-0.15, -0.1) is 0 Å². The van der Waals surface area contributed by atoms with E-state index in [0.29, 0.717) is 0 Å². The second-order valence-electron chi connectivity index (χ2n) is 4.51. The largest absolute Gasteiger partial charge is 0.387 e. The lowest BCUT2D eigenvalue weighted by molar-refractivity contribution is -0.152. The Bertz CT molecular complexity index is 679. The molecular formula is C18H12Br2O3. The molecule has 2 aromatic carbocycles. The molecule has 0 saturated heterocycles. The van der Waals surface area contributed by atoms with Gasteiger partial charge in [-0.05, 0) is 47.5 Å². The molecule has 116 valence electrons. The zero-order valence-corrected chi connectivity index (χ0v) is 15.1. The minimum absolute atomic E-state index is 0.710. The van der Waals surface area contributed by atoms with Crippen LogP contribution in [-0.2, 0) is 14.3 Å². The third kappa shape index (κ3) is 6.34. The fraction of sp³-hybridized carbons (Fsp3) is 0. The van der Waals surface area contributed by atoms with Gasteiger partial charge in [-0.2, -0.15) is 0 Å². The minimum atomic E-state index is -0.710. The van der Waals surface area contributed by atoms with Crippen molar-refractivity contribution in [3.63, 3.8) is 0 Å². The van der Waals surface area contributed by atoms with Gasteiger partial charge in [-0.25, -0.2) is 9.59 Å². The molecule has 0 atom stereocenters. The lowest BCUT2D eigenvalue weighted by Crippen LogP contribution is -2.06. The van der Waals surface area contributed by atoms with Gasteiger partial charge in [0.25, 0.3) is 0 Å². The van der Waals surface area contributed by atoms with E-state index in [1.807, 2.05) is 48.5 Å². The molecule has 0 aliphatic rings. The molecule has 0 radical (unpaired) electrons. The number of rotatable bonds is 4. The maximum absolute atomic E-state index is 11.6. The van der Waals surface area contributed by atoms with Gasteiger partial charge in [0.05, 0.1) is 0 Å². The van der Waals surface area contributed by atoms with E-state index in [1.165, 1.54) is 12.2 Å². The predicted octanol–water partition coefficient (Wildman–Crippen LogP) is 5.01. The molecular weight excluding hydrogens is 424 g/mol. The van der Waals surface area contributed by atoms with Gasteiger partial charge in [0.1, 0.15) is 0 Å². The van der Waals surface area contributed by atoms with Crippen molar-refractivity contribution < 1.29 is 14.3 Å². The van der Waals surface area contributed by atoms with Gasteiger partial charge >= 0.3 is 11.9 Å². The molecule has 0 N–H and O–H groups in total. The quantitative estimate of drug-likeness (QED) is 0.385. The molecule has 0 bridgehead atoms. The second-order valence-corrected chi connectivity index (χ2v) is 6.34. The summed E-state index contributed by atoms with van der Waals surface area (Å²) in [4.78, 5) is 23.1. The summed E-state index contributed by atoms with van der Waals surface area (Å²) in [5, 5.41) is 0. The number of halogens is 2. The number of hydrogen-bond donors (Lipinski definition) is 0. The van der Waals surface area contributed by atoms with Crippen molar-refractivity contribution in [2.75, 3.05) is 0 Å². The van der Waals surface area contributed by atoms with E-state index >= 15 is 0 Å². The summed E-state index contributed by atoms with van der Waals surface area (Å²) in [6.07, 6.45) is 5.60. The van der Waals surface area contributed by atoms with E-state index in [0.717, 1.165) is 20.1 Å². The first-order chi connectivity index (χ1) is 11.0. The summed E-state index contributed by atoms with van der Waals surface area (Å²) in [6.45, 7) is 0. The molecule has 0 aromatic heterocycles. The topological polar surface area (TPSA) is 43.4 Å². The second kappa shape index (κ2) is 8.60. The Balaban J connectivity index is 1.88. The van der Waals surface area contributed by atoms with E-state index in [2.05, 4.69) is 36.6 Å². The number of ether oxygens (including phenoxy) is 1. The normalized spacial score (nSPS) is 11.0. The van der Waals surface area contributed by atoms with Crippen molar-refractivity contribution >= 4 is 56.0 Å². The highest BCUT2D eigenvalue weighted by Crippen LogP contribution is 2.12. The first kappa shape index (κ1) is 17.4. The number of carbonyl (C=O) groups excluding carboxylic acids is 2. The van der Waals surface area contributed by atoms with Crippen LogP contribution >= 0.6 is 31.9 Å². The number of benzene rings is 2. The van der Waals surface area contributed by atoms with E-state index in [4.69, 9.17) is 0 Å². The van der Waals surface area contributed by atoms with Crippen LogP contribution in [0.3, 0.4) is 0 Å². The Morgan fingerprint density at radius 2 is 1.04 bits per heavy atom. The van der Waals surface area contributed by atoms with Crippen LogP contribution in [0.15, 0.2) is 69.6 Å². The number of esters is 2. The van der Waals surface area contributed by atoms with Crippen LogP contribution in [0.4, 0.5) is 0 Å². The molecule has 0 heterocycles. The monoisotopic (exact) mass is 434 g/mol. The molecule has 0 aliphatic carbocycles. The summed E-state index contributed by atoms with van der Waals surface area (Å²) in [7, 11) is 0. The van der Waals surface area contributed by atoms with E-state index in [9.17, 15) is 9.59 Å². The van der Waals surface area contributed by atoms with Crippen molar-refractivity contribution in [2.24, 2.45) is 0 Å². The van der Waals surface area contributed by atoms with Gasteiger partial charge in [0.15, 0.2) is 0 Å². The van der Waals surface area contributed by atoms with Crippen LogP contribution in [-0.4, -0.2) is 11.9 Å². The fourth-order valence-electron chi connectivity index (χ4n) is 1.64. The molecule has 0 amide bonds. The van der Waals surface area contributed by atoms with Crippen molar-refractivity contribution in [1.29, 1.82) is 0 Å². The van der Waals surface area contributed by atoms with Crippen molar-refractivity contribution in [1.82, 2.24) is 0 Å². The molecule has 3 nitrogen and oxygen atoms in total. The Labute approximate surface area is 150 Å². The fourth-order valence-corrected chi connectivity index (χ4v) is 2.17. The third-order valence-corrected chi connectivity index (χ3v) is 3.82. The zero-order valence-electron chi connectivity index (χ0n) is 11.9. The predicted molar refractivity (Wildman–Crippen MR) is 97.5 cm³/mol. The Hall–Kier alpha value is -1.98. The molecule has 0 fully saturated rings. The lowest BCUT2D eigenvalue weighted by atomic mass is 10.2. The molecule has 2 aromatic rings. The van der Waals surface area contributed by atoms with Gasteiger partial charge in [0, 0.05) is 21.1 Å². The maximum atomic E-state index is 11.6. The maximum Gasteiger partial charge on any atom is 0.338 e.